The van der Waals surface area contributed by atoms with Crippen LogP contribution in [0.15, 0.2) is 30.5 Å². The molecule has 0 saturated carbocycles. The first-order valence-corrected chi connectivity index (χ1v) is 9.52. The number of benzene rings is 1. The number of likely N-dealkylation sites (N-methyl/N-ethyl adjacent to an activating group) is 1. The number of ether oxygens (including phenoxy) is 1. The number of aromatic nitrogens is 3. The molecule has 0 radical (unpaired) electrons. The molecule has 0 spiro atoms. The number of morpholine rings is 1. The Morgan fingerprint density at radius 2 is 2.00 bits per heavy atom. The van der Waals surface area contributed by atoms with E-state index < -0.39 is 0 Å². The molecular weight excluding hydrogens is 358 g/mol. The Bertz CT molecular complexity index is 809. The van der Waals surface area contributed by atoms with E-state index in [1.165, 1.54) is 0 Å². The SMILES string of the molecule is CN(CCN1CCOCC1)c1nn2cc(-c3ccc(Cl)cc3)nc2s1. The van der Waals surface area contributed by atoms with E-state index in [1.807, 2.05) is 35.0 Å². The zero-order chi connectivity index (χ0) is 17.2. The molecule has 3 aromatic rings. The Labute approximate surface area is 155 Å². The quantitative estimate of drug-likeness (QED) is 0.684. The van der Waals surface area contributed by atoms with E-state index in [1.54, 1.807) is 11.3 Å². The molecule has 0 N–H and O–H groups in total. The van der Waals surface area contributed by atoms with Crippen molar-refractivity contribution in [1.29, 1.82) is 0 Å². The lowest BCUT2D eigenvalue weighted by atomic mass is 10.2. The van der Waals surface area contributed by atoms with Crippen LogP contribution in [0.3, 0.4) is 0 Å². The molecule has 6 nitrogen and oxygen atoms in total. The number of hydrogen-bond acceptors (Lipinski definition) is 6. The molecule has 0 amide bonds. The molecule has 1 aliphatic heterocycles. The fraction of sp³-hybridized carbons (Fsp3) is 0.412. The van der Waals surface area contributed by atoms with Crippen molar-refractivity contribution in [3.8, 4) is 11.3 Å². The topological polar surface area (TPSA) is 45.9 Å². The molecule has 8 heteroatoms. The second-order valence-electron chi connectivity index (χ2n) is 6.12. The fourth-order valence-electron chi connectivity index (χ4n) is 2.82. The maximum absolute atomic E-state index is 5.95. The first-order valence-electron chi connectivity index (χ1n) is 8.32. The van der Waals surface area contributed by atoms with Gasteiger partial charge in [-0.25, -0.2) is 9.50 Å². The maximum atomic E-state index is 5.95. The third kappa shape index (κ3) is 3.79. The van der Waals surface area contributed by atoms with E-state index in [4.69, 9.17) is 16.3 Å². The summed E-state index contributed by atoms with van der Waals surface area (Å²) in [4.78, 5) is 10.2. The van der Waals surface area contributed by atoms with Crippen LogP contribution < -0.4 is 4.90 Å². The van der Waals surface area contributed by atoms with Gasteiger partial charge in [0.2, 0.25) is 10.1 Å². The average Bonchev–Trinajstić information content (AvgIpc) is 3.20. The molecule has 0 bridgehead atoms. The van der Waals surface area contributed by atoms with Crippen molar-refractivity contribution in [2.24, 2.45) is 0 Å². The Kier molecular flexibility index (Phi) is 4.89. The summed E-state index contributed by atoms with van der Waals surface area (Å²) in [5.41, 5.74) is 1.96. The highest BCUT2D eigenvalue weighted by Gasteiger charge is 2.15. The van der Waals surface area contributed by atoms with Crippen LogP contribution in [0.4, 0.5) is 5.13 Å². The Hall–Kier alpha value is -1.67. The highest BCUT2D eigenvalue weighted by molar-refractivity contribution is 7.20. The molecule has 1 aliphatic rings. The number of rotatable bonds is 5. The highest BCUT2D eigenvalue weighted by Crippen LogP contribution is 2.26. The first kappa shape index (κ1) is 16.8. The number of nitrogens with zero attached hydrogens (tertiary/aromatic N) is 5. The number of anilines is 1. The van der Waals surface area contributed by atoms with E-state index in [2.05, 4.69) is 26.9 Å². The van der Waals surface area contributed by atoms with Crippen molar-refractivity contribution in [2.75, 3.05) is 51.3 Å². The normalized spacial score (nSPS) is 15.8. The summed E-state index contributed by atoms with van der Waals surface area (Å²) >= 11 is 7.55. The highest BCUT2D eigenvalue weighted by atomic mass is 35.5. The second-order valence-corrected chi connectivity index (χ2v) is 7.49. The van der Waals surface area contributed by atoms with Gasteiger partial charge in [0.05, 0.1) is 25.1 Å². The first-order chi connectivity index (χ1) is 12.2. The standard InChI is InChI=1S/C17H20ClN5OS/c1-21(6-7-22-8-10-24-11-9-22)17-20-23-12-15(19-16(23)25-17)13-2-4-14(18)5-3-13/h2-5,12H,6-11H2,1H3. The van der Waals surface area contributed by atoms with Crippen LogP contribution in [0.25, 0.3) is 16.2 Å². The van der Waals surface area contributed by atoms with Gasteiger partial charge in [-0.1, -0.05) is 35.1 Å². The number of fused-ring (bicyclic) bond motifs is 1. The van der Waals surface area contributed by atoms with Crippen LogP contribution in [0.5, 0.6) is 0 Å². The molecule has 25 heavy (non-hydrogen) atoms. The van der Waals surface area contributed by atoms with Gasteiger partial charge in [0.25, 0.3) is 0 Å². The van der Waals surface area contributed by atoms with E-state index in [9.17, 15) is 0 Å². The number of imidazole rings is 1. The molecule has 0 aliphatic carbocycles. The molecular formula is C17H20ClN5OS. The van der Waals surface area contributed by atoms with Gasteiger partial charge in [0, 0.05) is 43.8 Å². The van der Waals surface area contributed by atoms with Gasteiger partial charge in [-0.05, 0) is 12.1 Å². The van der Waals surface area contributed by atoms with Gasteiger partial charge < -0.3 is 9.64 Å². The fourth-order valence-corrected chi connectivity index (χ4v) is 3.81. The lowest BCUT2D eigenvalue weighted by Gasteiger charge is -2.28. The summed E-state index contributed by atoms with van der Waals surface area (Å²) in [7, 11) is 2.08. The van der Waals surface area contributed by atoms with Gasteiger partial charge in [-0.15, -0.1) is 5.10 Å². The summed E-state index contributed by atoms with van der Waals surface area (Å²) in [5, 5.41) is 6.38. The monoisotopic (exact) mass is 377 g/mol. The van der Waals surface area contributed by atoms with Crippen molar-refractivity contribution in [1.82, 2.24) is 19.5 Å². The van der Waals surface area contributed by atoms with Crippen LogP contribution in [-0.2, 0) is 4.74 Å². The van der Waals surface area contributed by atoms with E-state index in [0.717, 1.165) is 65.8 Å². The molecule has 3 heterocycles. The van der Waals surface area contributed by atoms with Crippen molar-refractivity contribution < 1.29 is 4.74 Å². The summed E-state index contributed by atoms with van der Waals surface area (Å²) in [6, 6.07) is 7.71. The van der Waals surface area contributed by atoms with Gasteiger partial charge in [0.15, 0.2) is 0 Å². The van der Waals surface area contributed by atoms with Crippen LogP contribution in [-0.4, -0.2) is 65.9 Å². The third-order valence-corrected chi connectivity index (χ3v) is 5.64. The Balaban J connectivity index is 1.44. The lowest BCUT2D eigenvalue weighted by Crippen LogP contribution is -2.40. The van der Waals surface area contributed by atoms with E-state index in [-0.39, 0.29) is 0 Å². The van der Waals surface area contributed by atoms with Crippen molar-refractivity contribution in [3.63, 3.8) is 0 Å². The van der Waals surface area contributed by atoms with Crippen molar-refractivity contribution >= 4 is 33.0 Å². The molecule has 1 saturated heterocycles. The van der Waals surface area contributed by atoms with Crippen LogP contribution in [0, 0.1) is 0 Å². The minimum Gasteiger partial charge on any atom is -0.379 e. The Morgan fingerprint density at radius 3 is 2.72 bits per heavy atom. The van der Waals surface area contributed by atoms with Crippen molar-refractivity contribution in [2.45, 2.75) is 0 Å². The van der Waals surface area contributed by atoms with E-state index >= 15 is 0 Å². The largest absolute Gasteiger partial charge is 0.379 e. The minimum atomic E-state index is 0.729. The lowest BCUT2D eigenvalue weighted by molar-refractivity contribution is 0.0393. The molecule has 0 atom stereocenters. The number of hydrogen-bond donors (Lipinski definition) is 0. The summed E-state index contributed by atoms with van der Waals surface area (Å²) in [6.45, 7) is 5.67. The molecule has 4 rings (SSSR count). The smallest absolute Gasteiger partial charge is 0.214 e. The Morgan fingerprint density at radius 1 is 1.24 bits per heavy atom. The second kappa shape index (κ2) is 7.29. The summed E-state index contributed by atoms with van der Waals surface area (Å²) < 4.78 is 7.25. The molecule has 1 fully saturated rings. The average molecular weight is 378 g/mol. The molecule has 132 valence electrons. The van der Waals surface area contributed by atoms with Gasteiger partial charge in [0.1, 0.15) is 0 Å². The van der Waals surface area contributed by atoms with Gasteiger partial charge in [-0.3, -0.25) is 4.90 Å². The number of halogens is 1. The van der Waals surface area contributed by atoms with Crippen LogP contribution >= 0.6 is 22.9 Å². The zero-order valence-electron chi connectivity index (χ0n) is 14.1. The molecule has 0 unspecified atom stereocenters. The maximum Gasteiger partial charge on any atom is 0.214 e. The van der Waals surface area contributed by atoms with Crippen molar-refractivity contribution in [3.05, 3.63) is 35.5 Å². The summed E-state index contributed by atoms with van der Waals surface area (Å²) in [5.74, 6) is 0. The predicted molar refractivity (Wildman–Crippen MR) is 102 cm³/mol. The minimum absolute atomic E-state index is 0.729. The zero-order valence-corrected chi connectivity index (χ0v) is 15.6. The molecule has 1 aromatic carbocycles. The van der Waals surface area contributed by atoms with Crippen LogP contribution in [0.1, 0.15) is 0 Å². The third-order valence-electron chi connectivity index (χ3n) is 4.35. The van der Waals surface area contributed by atoms with Gasteiger partial charge in [-0.2, -0.15) is 0 Å². The van der Waals surface area contributed by atoms with E-state index in [0.29, 0.717) is 0 Å². The molecule has 2 aromatic heterocycles. The van der Waals surface area contributed by atoms with Crippen LogP contribution in [0.2, 0.25) is 5.02 Å². The van der Waals surface area contributed by atoms with Gasteiger partial charge >= 0.3 is 0 Å². The predicted octanol–water partition coefficient (Wildman–Crippen LogP) is 2.88. The summed E-state index contributed by atoms with van der Waals surface area (Å²) in [6.07, 6.45) is 1.97.